The molecular weight excluding hydrogens is 370 g/mol. The van der Waals surface area contributed by atoms with Gasteiger partial charge in [0.05, 0.1) is 31.0 Å². The van der Waals surface area contributed by atoms with Crippen LogP contribution in [-0.2, 0) is 4.74 Å². The summed E-state index contributed by atoms with van der Waals surface area (Å²) >= 11 is 8.52. The maximum Gasteiger partial charge on any atom is 0.187 e. The zero-order chi connectivity index (χ0) is 16.4. The summed E-state index contributed by atoms with van der Waals surface area (Å²) in [4.78, 5) is 0. The first-order valence-corrected chi connectivity index (χ1v) is 7.88. The molecule has 0 aliphatic carbocycles. The van der Waals surface area contributed by atoms with Gasteiger partial charge in [0.25, 0.3) is 0 Å². The Morgan fingerprint density at radius 3 is 2.82 bits per heavy atom. The molecular formula is C14H20BrN3O3S. The molecule has 122 valence electrons. The second-order valence-electron chi connectivity index (χ2n) is 4.09. The highest BCUT2D eigenvalue weighted by Crippen LogP contribution is 2.36. The average Bonchev–Trinajstić information content (AvgIpc) is 2.48. The summed E-state index contributed by atoms with van der Waals surface area (Å²) in [6, 6.07) is 3.73. The van der Waals surface area contributed by atoms with Crippen LogP contribution in [0, 0.1) is 0 Å². The van der Waals surface area contributed by atoms with Crippen LogP contribution in [0.15, 0.2) is 21.7 Å². The zero-order valence-corrected chi connectivity index (χ0v) is 15.2. The van der Waals surface area contributed by atoms with Gasteiger partial charge in [-0.3, -0.25) is 5.43 Å². The van der Waals surface area contributed by atoms with Gasteiger partial charge in [-0.25, -0.2) is 0 Å². The van der Waals surface area contributed by atoms with Gasteiger partial charge in [0, 0.05) is 13.7 Å². The van der Waals surface area contributed by atoms with Gasteiger partial charge in [0.2, 0.25) is 0 Å². The standard InChI is InChI=1S/C14H20BrN3O3S/c1-4-21-12-8-10(7-11(15)13(12)20-3)9-17-18-14(22)16-5-6-19-2/h7-9H,4-6H2,1-3H3,(H2,16,18,22)/b17-9-. The molecule has 22 heavy (non-hydrogen) atoms. The number of hydrazone groups is 1. The summed E-state index contributed by atoms with van der Waals surface area (Å²) in [5.74, 6) is 1.31. The van der Waals surface area contributed by atoms with Crippen LogP contribution in [0.2, 0.25) is 0 Å². The van der Waals surface area contributed by atoms with Crippen LogP contribution >= 0.6 is 28.1 Å². The highest BCUT2D eigenvalue weighted by Gasteiger charge is 2.10. The molecule has 0 saturated heterocycles. The van der Waals surface area contributed by atoms with Crippen LogP contribution < -0.4 is 20.2 Å². The summed E-state index contributed by atoms with van der Waals surface area (Å²) in [7, 11) is 3.23. The van der Waals surface area contributed by atoms with E-state index in [1.807, 2.05) is 19.1 Å². The minimum absolute atomic E-state index is 0.436. The molecule has 1 aromatic rings. The van der Waals surface area contributed by atoms with E-state index in [-0.39, 0.29) is 0 Å². The number of thiocarbonyl (C=S) groups is 1. The van der Waals surface area contributed by atoms with Gasteiger partial charge in [-0.1, -0.05) is 0 Å². The number of benzene rings is 1. The predicted octanol–water partition coefficient (Wildman–Crippen LogP) is 2.30. The van der Waals surface area contributed by atoms with Gasteiger partial charge >= 0.3 is 0 Å². The summed E-state index contributed by atoms with van der Waals surface area (Å²) < 4.78 is 16.6. The molecule has 0 atom stereocenters. The maximum atomic E-state index is 5.55. The van der Waals surface area contributed by atoms with E-state index in [0.29, 0.717) is 36.4 Å². The van der Waals surface area contributed by atoms with Gasteiger partial charge in [0.15, 0.2) is 16.6 Å². The SMILES string of the molecule is CCOc1cc(/C=N\NC(=S)NCCOC)cc(Br)c1OC. The van der Waals surface area contributed by atoms with Crippen LogP contribution in [0.25, 0.3) is 0 Å². The second kappa shape index (κ2) is 10.4. The molecule has 1 aromatic carbocycles. The molecule has 0 aromatic heterocycles. The molecule has 8 heteroatoms. The third kappa shape index (κ3) is 6.17. The van der Waals surface area contributed by atoms with E-state index < -0.39 is 0 Å². The first-order valence-electron chi connectivity index (χ1n) is 6.68. The maximum absolute atomic E-state index is 5.55. The summed E-state index contributed by atoms with van der Waals surface area (Å²) in [6.07, 6.45) is 1.65. The van der Waals surface area contributed by atoms with Crippen LogP contribution in [-0.4, -0.2) is 45.3 Å². The van der Waals surface area contributed by atoms with Crippen molar-refractivity contribution in [3.63, 3.8) is 0 Å². The van der Waals surface area contributed by atoms with Crippen LogP contribution in [0.3, 0.4) is 0 Å². The van der Waals surface area contributed by atoms with Crippen molar-refractivity contribution < 1.29 is 14.2 Å². The third-order valence-corrected chi connectivity index (χ3v) is 3.33. The van der Waals surface area contributed by atoms with Gasteiger partial charge in [-0.15, -0.1) is 0 Å². The van der Waals surface area contributed by atoms with Crippen LogP contribution in [0.5, 0.6) is 11.5 Å². The Bertz CT molecular complexity index is 526. The topological polar surface area (TPSA) is 64.1 Å². The fourth-order valence-electron chi connectivity index (χ4n) is 1.60. The molecule has 6 nitrogen and oxygen atoms in total. The van der Waals surface area contributed by atoms with Crippen molar-refractivity contribution in [2.24, 2.45) is 5.10 Å². The molecule has 0 radical (unpaired) electrons. The van der Waals surface area contributed by atoms with Gasteiger partial charge in [0.1, 0.15) is 0 Å². The number of rotatable bonds is 8. The lowest BCUT2D eigenvalue weighted by Gasteiger charge is -2.12. The average molecular weight is 390 g/mol. The third-order valence-electron chi connectivity index (χ3n) is 2.51. The summed E-state index contributed by atoms with van der Waals surface area (Å²) in [5.41, 5.74) is 3.59. The van der Waals surface area contributed by atoms with Crippen molar-refractivity contribution in [1.82, 2.24) is 10.7 Å². The van der Waals surface area contributed by atoms with E-state index in [1.165, 1.54) is 0 Å². The Morgan fingerprint density at radius 1 is 1.41 bits per heavy atom. The monoisotopic (exact) mass is 389 g/mol. The molecule has 0 aliphatic rings. The van der Waals surface area contributed by atoms with E-state index in [0.717, 1.165) is 10.0 Å². The number of methoxy groups -OCH3 is 2. The minimum Gasteiger partial charge on any atom is -0.492 e. The number of halogens is 1. The first kappa shape index (κ1) is 18.7. The Kier molecular flexibility index (Phi) is 8.79. The van der Waals surface area contributed by atoms with E-state index in [2.05, 4.69) is 31.8 Å². The second-order valence-corrected chi connectivity index (χ2v) is 5.35. The first-order chi connectivity index (χ1) is 10.6. The molecule has 0 spiro atoms. The fraction of sp³-hybridized carbons (Fsp3) is 0.429. The van der Waals surface area contributed by atoms with Crippen molar-refractivity contribution >= 4 is 39.5 Å². The Balaban J connectivity index is 2.68. The van der Waals surface area contributed by atoms with Gasteiger partial charge in [-0.2, -0.15) is 5.10 Å². The highest BCUT2D eigenvalue weighted by molar-refractivity contribution is 9.10. The minimum atomic E-state index is 0.436. The van der Waals surface area contributed by atoms with Crippen molar-refractivity contribution in [2.75, 3.05) is 34.0 Å². The molecule has 0 saturated carbocycles. The van der Waals surface area contributed by atoms with Gasteiger partial charge in [-0.05, 0) is 52.8 Å². The number of nitrogens with one attached hydrogen (secondary N) is 2. The molecule has 1 rings (SSSR count). The number of ether oxygens (including phenoxy) is 3. The fourth-order valence-corrected chi connectivity index (χ4v) is 2.37. The van der Waals surface area contributed by atoms with E-state index in [1.54, 1.807) is 20.4 Å². The quantitative estimate of drug-likeness (QED) is 0.307. The molecule has 0 bridgehead atoms. The highest BCUT2D eigenvalue weighted by atomic mass is 79.9. The van der Waals surface area contributed by atoms with E-state index in [4.69, 9.17) is 26.4 Å². The largest absolute Gasteiger partial charge is 0.492 e. The van der Waals surface area contributed by atoms with Crippen LogP contribution in [0.1, 0.15) is 12.5 Å². The lowest BCUT2D eigenvalue weighted by molar-refractivity contribution is 0.204. The molecule has 2 N–H and O–H groups in total. The van der Waals surface area contributed by atoms with Crippen molar-refractivity contribution in [3.05, 3.63) is 22.2 Å². The Hall–Kier alpha value is -1.38. The lowest BCUT2D eigenvalue weighted by Crippen LogP contribution is -2.34. The molecule has 0 heterocycles. The van der Waals surface area contributed by atoms with Gasteiger partial charge < -0.3 is 19.5 Å². The number of nitrogens with zero attached hydrogens (tertiary/aromatic N) is 1. The van der Waals surface area contributed by atoms with E-state index in [9.17, 15) is 0 Å². The molecule has 0 amide bonds. The summed E-state index contributed by atoms with van der Waals surface area (Å²) in [6.45, 7) is 3.67. The molecule has 0 fully saturated rings. The Morgan fingerprint density at radius 2 is 2.18 bits per heavy atom. The predicted molar refractivity (Wildman–Crippen MR) is 95.1 cm³/mol. The van der Waals surface area contributed by atoms with Crippen LogP contribution in [0.4, 0.5) is 0 Å². The van der Waals surface area contributed by atoms with Crippen molar-refractivity contribution in [3.8, 4) is 11.5 Å². The Labute approximate surface area is 144 Å². The number of hydrogen-bond donors (Lipinski definition) is 2. The lowest BCUT2D eigenvalue weighted by atomic mass is 10.2. The zero-order valence-electron chi connectivity index (χ0n) is 12.8. The number of hydrogen-bond acceptors (Lipinski definition) is 5. The molecule has 0 aliphatic heterocycles. The van der Waals surface area contributed by atoms with E-state index >= 15 is 0 Å². The normalized spacial score (nSPS) is 10.5. The molecule has 0 unspecified atom stereocenters. The van der Waals surface area contributed by atoms with Crippen molar-refractivity contribution in [2.45, 2.75) is 6.92 Å². The summed E-state index contributed by atoms with van der Waals surface area (Å²) in [5, 5.41) is 7.48. The van der Waals surface area contributed by atoms with Crippen molar-refractivity contribution in [1.29, 1.82) is 0 Å². The smallest absolute Gasteiger partial charge is 0.187 e.